The highest BCUT2D eigenvalue weighted by atomic mass is 32.2. The zero-order valence-corrected chi connectivity index (χ0v) is 9.34. The lowest BCUT2D eigenvalue weighted by molar-refractivity contribution is 0.0371. The van der Waals surface area contributed by atoms with Crippen LogP contribution in [0.2, 0.25) is 0 Å². The number of thioether (sulfide) groups is 1. The first-order valence-corrected chi connectivity index (χ1v) is 6.43. The van der Waals surface area contributed by atoms with Gasteiger partial charge in [0.15, 0.2) is 0 Å². The van der Waals surface area contributed by atoms with Crippen LogP contribution in [0.1, 0.15) is 12.8 Å². The Balaban J connectivity index is 1.55. The van der Waals surface area contributed by atoms with E-state index in [-0.39, 0.29) is 0 Å². The minimum absolute atomic E-state index is 0.598. The fourth-order valence-electron chi connectivity index (χ4n) is 1.86. The smallest absolute Gasteiger partial charge is 0.0600 e. The summed E-state index contributed by atoms with van der Waals surface area (Å²) in [6.45, 7) is 5.28. The summed E-state index contributed by atoms with van der Waals surface area (Å²) in [5.74, 6) is 1.20. The van der Waals surface area contributed by atoms with Crippen molar-refractivity contribution in [3.63, 3.8) is 0 Å². The van der Waals surface area contributed by atoms with Crippen LogP contribution in [-0.2, 0) is 4.74 Å². The van der Waals surface area contributed by atoms with Crippen LogP contribution in [0.15, 0.2) is 4.99 Å². The quantitative estimate of drug-likeness (QED) is 0.704. The van der Waals surface area contributed by atoms with Crippen molar-refractivity contribution < 1.29 is 4.74 Å². The van der Waals surface area contributed by atoms with E-state index in [2.05, 4.69) is 9.89 Å². The van der Waals surface area contributed by atoms with E-state index in [0.717, 1.165) is 26.3 Å². The van der Waals surface area contributed by atoms with Gasteiger partial charge in [-0.2, -0.15) is 0 Å². The maximum Gasteiger partial charge on any atom is 0.0600 e. The first-order chi connectivity index (χ1) is 6.95. The molecule has 1 saturated heterocycles. The first kappa shape index (κ1) is 10.5. The van der Waals surface area contributed by atoms with Crippen LogP contribution in [0.4, 0.5) is 0 Å². The fraction of sp³-hybridized carbons (Fsp3) is 0.900. The molecule has 0 bridgehead atoms. The summed E-state index contributed by atoms with van der Waals surface area (Å²) in [4.78, 5) is 6.91. The van der Waals surface area contributed by atoms with Crippen molar-refractivity contribution in [2.24, 2.45) is 4.99 Å². The van der Waals surface area contributed by atoms with E-state index < -0.39 is 0 Å². The van der Waals surface area contributed by atoms with Crippen molar-refractivity contribution in [2.45, 2.75) is 18.9 Å². The molecule has 0 N–H and O–H groups in total. The second-order valence-electron chi connectivity index (χ2n) is 3.84. The molecule has 1 fully saturated rings. The van der Waals surface area contributed by atoms with Crippen LogP contribution in [0.5, 0.6) is 0 Å². The SMILES string of the molecule is C1=N[C@H](CCCN2CCOCC2)CS1. The molecular formula is C10H18N2OS. The second-order valence-corrected chi connectivity index (χ2v) is 4.72. The van der Waals surface area contributed by atoms with Gasteiger partial charge in [0.25, 0.3) is 0 Å². The van der Waals surface area contributed by atoms with Gasteiger partial charge in [0.2, 0.25) is 0 Å². The molecule has 0 amide bonds. The summed E-state index contributed by atoms with van der Waals surface area (Å²) in [5, 5.41) is 0. The van der Waals surface area contributed by atoms with Crippen LogP contribution in [-0.4, -0.2) is 55.1 Å². The number of nitrogens with zero attached hydrogens (tertiary/aromatic N) is 2. The molecule has 0 aromatic heterocycles. The maximum atomic E-state index is 5.31. The number of hydrogen-bond acceptors (Lipinski definition) is 4. The number of rotatable bonds is 4. The summed E-state index contributed by atoms with van der Waals surface area (Å²) in [7, 11) is 0. The highest BCUT2D eigenvalue weighted by Gasteiger charge is 2.13. The van der Waals surface area contributed by atoms with E-state index in [1.54, 1.807) is 0 Å². The molecule has 0 aromatic rings. The van der Waals surface area contributed by atoms with Gasteiger partial charge in [-0.05, 0) is 19.4 Å². The highest BCUT2D eigenvalue weighted by molar-refractivity contribution is 8.12. The number of morpholine rings is 1. The Morgan fingerprint density at radius 3 is 3.00 bits per heavy atom. The van der Waals surface area contributed by atoms with E-state index in [1.807, 2.05) is 17.3 Å². The molecule has 1 atom stereocenters. The topological polar surface area (TPSA) is 24.8 Å². The van der Waals surface area contributed by atoms with Crippen LogP contribution >= 0.6 is 11.8 Å². The maximum absolute atomic E-state index is 5.31. The Hall–Kier alpha value is -0.0600. The summed E-state index contributed by atoms with van der Waals surface area (Å²) in [6, 6.07) is 0.598. The van der Waals surface area contributed by atoms with Gasteiger partial charge in [-0.1, -0.05) is 0 Å². The molecule has 2 heterocycles. The number of hydrogen-bond donors (Lipinski definition) is 0. The zero-order valence-electron chi connectivity index (χ0n) is 8.52. The third kappa shape index (κ3) is 3.26. The lowest BCUT2D eigenvalue weighted by atomic mass is 10.2. The highest BCUT2D eigenvalue weighted by Crippen LogP contribution is 2.15. The Morgan fingerprint density at radius 2 is 2.29 bits per heavy atom. The predicted octanol–water partition coefficient (Wildman–Crippen LogP) is 1.24. The average molecular weight is 214 g/mol. The molecule has 0 radical (unpaired) electrons. The fourth-order valence-corrected chi connectivity index (χ4v) is 2.68. The lowest BCUT2D eigenvalue weighted by Crippen LogP contribution is -2.37. The van der Waals surface area contributed by atoms with Crippen LogP contribution in [0, 0.1) is 0 Å². The molecule has 2 aliphatic heterocycles. The van der Waals surface area contributed by atoms with Crippen molar-refractivity contribution in [2.75, 3.05) is 38.6 Å². The van der Waals surface area contributed by atoms with Gasteiger partial charge in [-0.3, -0.25) is 9.89 Å². The Kier molecular flexibility index (Phi) is 4.28. The van der Waals surface area contributed by atoms with E-state index in [0.29, 0.717) is 6.04 Å². The normalized spacial score (nSPS) is 28.4. The Bertz CT molecular complexity index is 193. The molecule has 0 aliphatic carbocycles. The van der Waals surface area contributed by atoms with Gasteiger partial charge in [-0.15, -0.1) is 11.8 Å². The molecule has 0 saturated carbocycles. The van der Waals surface area contributed by atoms with Crippen LogP contribution < -0.4 is 0 Å². The Morgan fingerprint density at radius 1 is 1.43 bits per heavy atom. The summed E-state index contributed by atoms with van der Waals surface area (Å²) in [6.07, 6.45) is 2.53. The molecular weight excluding hydrogens is 196 g/mol. The zero-order chi connectivity index (χ0) is 9.64. The van der Waals surface area contributed by atoms with E-state index in [4.69, 9.17) is 4.74 Å². The van der Waals surface area contributed by atoms with E-state index in [9.17, 15) is 0 Å². The standard InChI is InChI=1S/C10H18N2OS/c1(2-10-8-14-9-11-10)3-12-4-6-13-7-5-12/h9-10H,1-8H2/t10-/m1/s1. The number of aliphatic imine (C=N–C) groups is 1. The van der Waals surface area contributed by atoms with Crippen LogP contribution in [0.25, 0.3) is 0 Å². The lowest BCUT2D eigenvalue weighted by Gasteiger charge is -2.26. The minimum Gasteiger partial charge on any atom is -0.379 e. The Labute approximate surface area is 89.9 Å². The van der Waals surface area contributed by atoms with E-state index >= 15 is 0 Å². The monoisotopic (exact) mass is 214 g/mol. The molecule has 0 spiro atoms. The minimum atomic E-state index is 0.598. The van der Waals surface area contributed by atoms with Crippen molar-refractivity contribution in [3.8, 4) is 0 Å². The summed E-state index contributed by atoms with van der Waals surface area (Å²) >= 11 is 1.84. The van der Waals surface area contributed by atoms with Gasteiger partial charge in [0.05, 0.1) is 24.8 Å². The second kappa shape index (κ2) is 5.73. The van der Waals surface area contributed by atoms with Crippen molar-refractivity contribution in [1.29, 1.82) is 0 Å². The summed E-state index contributed by atoms with van der Waals surface area (Å²) in [5.41, 5.74) is 2.00. The van der Waals surface area contributed by atoms with Crippen LogP contribution in [0.3, 0.4) is 0 Å². The third-order valence-corrected chi connectivity index (χ3v) is 3.60. The van der Waals surface area contributed by atoms with Crippen molar-refractivity contribution in [3.05, 3.63) is 0 Å². The van der Waals surface area contributed by atoms with Gasteiger partial charge < -0.3 is 4.74 Å². The molecule has 3 nitrogen and oxygen atoms in total. The molecule has 2 aliphatic rings. The van der Waals surface area contributed by atoms with Gasteiger partial charge >= 0.3 is 0 Å². The first-order valence-electron chi connectivity index (χ1n) is 5.38. The third-order valence-electron chi connectivity index (χ3n) is 2.75. The largest absolute Gasteiger partial charge is 0.379 e. The molecule has 2 rings (SSSR count). The van der Waals surface area contributed by atoms with Gasteiger partial charge in [0, 0.05) is 18.8 Å². The molecule has 80 valence electrons. The van der Waals surface area contributed by atoms with Crippen molar-refractivity contribution in [1.82, 2.24) is 4.90 Å². The van der Waals surface area contributed by atoms with Gasteiger partial charge in [0.1, 0.15) is 0 Å². The molecule has 14 heavy (non-hydrogen) atoms. The van der Waals surface area contributed by atoms with Crippen molar-refractivity contribution >= 4 is 17.3 Å². The average Bonchev–Trinajstić information content (AvgIpc) is 2.72. The molecule has 0 aromatic carbocycles. The molecule has 4 heteroatoms. The van der Waals surface area contributed by atoms with Gasteiger partial charge in [-0.25, -0.2) is 0 Å². The van der Waals surface area contributed by atoms with E-state index in [1.165, 1.54) is 25.1 Å². The number of ether oxygens (including phenoxy) is 1. The predicted molar refractivity (Wildman–Crippen MR) is 61.2 cm³/mol. The molecule has 0 unspecified atom stereocenters. The summed E-state index contributed by atoms with van der Waals surface area (Å²) < 4.78 is 5.31.